The van der Waals surface area contributed by atoms with E-state index in [0.29, 0.717) is 37.3 Å². The summed E-state index contributed by atoms with van der Waals surface area (Å²) in [5, 5.41) is 5.02. The van der Waals surface area contributed by atoms with Crippen molar-refractivity contribution in [2.75, 3.05) is 0 Å². The number of hydrogen-bond acceptors (Lipinski definition) is 5. The van der Waals surface area contributed by atoms with Crippen molar-refractivity contribution in [3.63, 3.8) is 0 Å². The van der Waals surface area contributed by atoms with Crippen LogP contribution in [-0.2, 0) is 13.2 Å². The van der Waals surface area contributed by atoms with Gasteiger partial charge in [0.25, 0.3) is 0 Å². The number of aromatic nitrogens is 1. The number of amides is 1. The first-order valence-electron chi connectivity index (χ1n) is 12.9. The lowest BCUT2D eigenvalue weighted by atomic mass is 10.2. The van der Waals surface area contributed by atoms with Crippen LogP contribution in [0.15, 0.2) is 98.9 Å². The number of halogens is 3. The smallest absolute Gasteiger partial charge is 0.307 e. The minimum Gasteiger partial charge on any atom is -0.486 e. The van der Waals surface area contributed by atoms with Crippen LogP contribution < -0.4 is 14.9 Å². The molecule has 0 atom stereocenters. The first kappa shape index (κ1) is 29.5. The SMILES string of the molecule is Cc1ccc(C)n1-c1ccc(OCc2ccc(C(=O)N/N=C/c3cc(Cl)c(OCc4ccccc4Cl)c(Br)c3)o2)cc1. The van der Waals surface area contributed by atoms with E-state index >= 15 is 0 Å². The highest BCUT2D eigenvalue weighted by Crippen LogP contribution is 2.35. The van der Waals surface area contributed by atoms with E-state index in [1.807, 2.05) is 42.5 Å². The Bertz CT molecular complexity index is 1700. The maximum atomic E-state index is 12.5. The van der Waals surface area contributed by atoms with Crippen molar-refractivity contribution in [1.82, 2.24) is 9.99 Å². The number of rotatable bonds is 10. The predicted octanol–water partition coefficient (Wildman–Crippen LogP) is 8.68. The molecule has 0 fully saturated rings. The second-order valence-corrected chi connectivity index (χ2v) is 11.1. The highest BCUT2D eigenvalue weighted by Gasteiger charge is 2.13. The molecule has 0 aliphatic carbocycles. The third-order valence-corrected chi connectivity index (χ3v) is 7.60. The maximum absolute atomic E-state index is 12.5. The van der Waals surface area contributed by atoms with Gasteiger partial charge < -0.3 is 18.5 Å². The third kappa shape index (κ3) is 7.07. The quantitative estimate of drug-likeness (QED) is 0.120. The summed E-state index contributed by atoms with van der Waals surface area (Å²) in [6, 6.07) is 26.1. The summed E-state index contributed by atoms with van der Waals surface area (Å²) >= 11 is 16.1. The molecule has 214 valence electrons. The largest absolute Gasteiger partial charge is 0.486 e. The molecule has 1 amide bonds. The molecule has 0 aliphatic heterocycles. The molecule has 42 heavy (non-hydrogen) atoms. The van der Waals surface area contributed by atoms with Gasteiger partial charge in [-0.25, -0.2) is 5.43 Å². The molecule has 0 radical (unpaired) electrons. The summed E-state index contributed by atoms with van der Waals surface area (Å²) in [6.45, 7) is 4.58. The van der Waals surface area contributed by atoms with E-state index in [1.165, 1.54) is 6.21 Å². The van der Waals surface area contributed by atoms with Gasteiger partial charge in [0.2, 0.25) is 0 Å². The van der Waals surface area contributed by atoms with Crippen molar-refractivity contribution in [2.24, 2.45) is 5.10 Å². The van der Waals surface area contributed by atoms with Crippen LogP contribution in [0.3, 0.4) is 0 Å². The number of benzene rings is 3. The highest BCUT2D eigenvalue weighted by atomic mass is 79.9. The van der Waals surface area contributed by atoms with Crippen LogP contribution in [0.5, 0.6) is 11.5 Å². The number of carbonyl (C=O) groups excluding carboxylic acids is 1. The molecule has 3 aromatic carbocycles. The lowest BCUT2D eigenvalue weighted by Crippen LogP contribution is -2.16. The van der Waals surface area contributed by atoms with E-state index in [2.05, 4.69) is 57.0 Å². The van der Waals surface area contributed by atoms with Gasteiger partial charge in [-0.3, -0.25) is 4.79 Å². The van der Waals surface area contributed by atoms with Crippen LogP contribution in [0, 0.1) is 13.8 Å². The second-order valence-electron chi connectivity index (χ2n) is 9.39. The van der Waals surface area contributed by atoms with Gasteiger partial charge in [0.05, 0.1) is 15.7 Å². The summed E-state index contributed by atoms with van der Waals surface area (Å²) in [5.41, 5.74) is 7.34. The molecule has 5 aromatic rings. The molecule has 0 aliphatic rings. The molecule has 0 unspecified atom stereocenters. The number of nitrogens with zero attached hydrogens (tertiary/aromatic N) is 2. The average Bonchev–Trinajstić information content (AvgIpc) is 3.58. The number of hydrazone groups is 1. The van der Waals surface area contributed by atoms with Gasteiger partial charge in [-0.15, -0.1) is 0 Å². The summed E-state index contributed by atoms with van der Waals surface area (Å²) in [5.74, 6) is 1.29. The maximum Gasteiger partial charge on any atom is 0.307 e. The molecule has 1 N–H and O–H groups in total. The summed E-state index contributed by atoms with van der Waals surface area (Å²) in [6.07, 6.45) is 1.47. The van der Waals surface area contributed by atoms with Crippen molar-refractivity contribution in [2.45, 2.75) is 27.1 Å². The van der Waals surface area contributed by atoms with E-state index in [4.69, 9.17) is 37.1 Å². The zero-order chi connectivity index (χ0) is 29.6. The van der Waals surface area contributed by atoms with Crippen LogP contribution in [-0.4, -0.2) is 16.7 Å². The lowest BCUT2D eigenvalue weighted by molar-refractivity contribution is 0.0923. The van der Waals surface area contributed by atoms with E-state index in [1.54, 1.807) is 30.3 Å². The van der Waals surface area contributed by atoms with Crippen molar-refractivity contribution in [3.8, 4) is 17.2 Å². The number of aryl methyl sites for hydroxylation is 2. The number of hydrogen-bond donors (Lipinski definition) is 1. The fourth-order valence-electron chi connectivity index (χ4n) is 4.28. The van der Waals surface area contributed by atoms with Gasteiger partial charge in [0.15, 0.2) is 11.5 Å². The van der Waals surface area contributed by atoms with Gasteiger partial charge in [-0.05, 0) is 102 Å². The minimum atomic E-state index is -0.496. The summed E-state index contributed by atoms with van der Waals surface area (Å²) in [7, 11) is 0. The first-order valence-corrected chi connectivity index (χ1v) is 14.5. The van der Waals surface area contributed by atoms with Crippen LogP contribution in [0.2, 0.25) is 10.0 Å². The predicted molar refractivity (Wildman–Crippen MR) is 168 cm³/mol. The van der Waals surface area contributed by atoms with Crippen molar-refractivity contribution >= 4 is 51.3 Å². The normalized spacial score (nSPS) is 11.2. The van der Waals surface area contributed by atoms with Crippen molar-refractivity contribution in [3.05, 3.63) is 133 Å². The number of ether oxygens (including phenoxy) is 2. The van der Waals surface area contributed by atoms with Crippen LogP contribution >= 0.6 is 39.1 Å². The Labute approximate surface area is 261 Å². The standard InChI is InChI=1S/C32H26BrCl2N3O4/c1-20-7-8-21(2)38(20)24-9-11-25(12-10-24)40-19-26-13-14-30(42-26)32(39)37-36-17-22-15-27(33)31(29(35)16-22)41-18-23-5-3-4-6-28(23)34/h3-17H,18-19H2,1-2H3,(H,37,39)/b36-17+. The fourth-order valence-corrected chi connectivity index (χ4v) is 5.46. The van der Waals surface area contributed by atoms with Crippen LogP contribution in [0.25, 0.3) is 5.69 Å². The number of furan rings is 1. The molecule has 7 nitrogen and oxygen atoms in total. The average molecular weight is 667 g/mol. The number of carbonyl (C=O) groups is 1. The second kappa shape index (κ2) is 13.3. The Kier molecular flexibility index (Phi) is 9.37. The summed E-state index contributed by atoms with van der Waals surface area (Å²) < 4.78 is 20.2. The Balaban J connectivity index is 1.13. The van der Waals surface area contributed by atoms with E-state index in [0.717, 1.165) is 22.6 Å². The molecule has 10 heteroatoms. The zero-order valence-corrected chi connectivity index (χ0v) is 25.8. The third-order valence-electron chi connectivity index (χ3n) is 6.36. The molecule has 0 saturated heterocycles. The molecule has 0 saturated carbocycles. The summed E-state index contributed by atoms with van der Waals surface area (Å²) in [4.78, 5) is 12.5. The Morgan fingerprint density at radius 1 is 0.929 bits per heavy atom. The Morgan fingerprint density at radius 2 is 1.67 bits per heavy atom. The van der Waals surface area contributed by atoms with Gasteiger partial charge in [0.1, 0.15) is 24.7 Å². The van der Waals surface area contributed by atoms with Gasteiger partial charge in [-0.1, -0.05) is 41.4 Å². The minimum absolute atomic E-state index is 0.113. The molecular formula is C32H26BrCl2N3O4. The Hall–Kier alpha value is -3.98. The molecule has 0 bridgehead atoms. The van der Waals surface area contributed by atoms with E-state index < -0.39 is 5.91 Å². The molecular weight excluding hydrogens is 641 g/mol. The van der Waals surface area contributed by atoms with E-state index in [-0.39, 0.29) is 19.0 Å². The van der Waals surface area contributed by atoms with Crippen LogP contribution in [0.1, 0.15) is 38.8 Å². The zero-order valence-electron chi connectivity index (χ0n) is 22.7. The highest BCUT2D eigenvalue weighted by molar-refractivity contribution is 9.10. The molecule has 2 aromatic heterocycles. The van der Waals surface area contributed by atoms with Gasteiger partial charge in [0, 0.05) is 27.7 Å². The van der Waals surface area contributed by atoms with Gasteiger partial charge >= 0.3 is 5.91 Å². The van der Waals surface area contributed by atoms with Crippen LogP contribution in [0.4, 0.5) is 0 Å². The van der Waals surface area contributed by atoms with E-state index in [9.17, 15) is 4.79 Å². The fraction of sp³-hybridized carbons (Fsp3) is 0.125. The monoisotopic (exact) mass is 665 g/mol. The molecule has 2 heterocycles. The Morgan fingerprint density at radius 3 is 2.38 bits per heavy atom. The first-order chi connectivity index (χ1) is 20.3. The number of nitrogens with one attached hydrogen (secondary N) is 1. The molecule has 0 spiro atoms. The van der Waals surface area contributed by atoms with Crippen molar-refractivity contribution < 1.29 is 18.7 Å². The lowest BCUT2D eigenvalue weighted by Gasteiger charge is -2.12. The molecule has 5 rings (SSSR count). The van der Waals surface area contributed by atoms with Gasteiger partial charge in [-0.2, -0.15) is 5.10 Å². The topological polar surface area (TPSA) is 78.0 Å². The van der Waals surface area contributed by atoms with Crippen molar-refractivity contribution in [1.29, 1.82) is 0 Å².